The molecule has 0 spiro atoms. The fourth-order valence-electron chi connectivity index (χ4n) is 2.31. The molecule has 2 nitrogen and oxygen atoms in total. The Morgan fingerprint density at radius 3 is 3.07 bits per heavy atom. The van der Waals surface area contributed by atoms with Gasteiger partial charge in [0, 0.05) is 18.8 Å². The Morgan fingerprint density at radius 1 is 1.57 bits per heavy atom. The zero-order valence-corrected chi connectivity index (χ0v) is 9.25. The van der Waals surface area contributed by atoms with Crippen LogP contribution in [0.4, 0.5) is 5.82 Å². The molecule has 1 aromatic rings. The van der Waals surface area contributed by atoms with Crippen LogP contribution in [0.25, 0.3) is 0 Å². The van der Waals surface area contributed by atoms with E-state index in [9.17, 15) is 0 Å². The van der Waals surface area contributed by atoms with Gasteiger partial charge in [0.2, 0.25) is 0 Å². The van der Waals surface area contributed by atoms with Gasteiger partial charge in [0.25, 0.3) is 0 Å². The normalized spacial score (nSPS) is 20.8. The van der Waals surface area contributed by atoms with Crippen LogP contribution in [0.5, 0.6) is 0 Å². The lowest BCUT2D eigenvalue weighted by atomic mass is 9.96. The van der Waals surface area contributed by atoms with Crippen LogP contribution in [-0.4, -0.2) is 17.6 Å². The van der Waals surface area contributed by atoms with Crippen LogP contribution in [0.15, 0.2) is 12.3 Å². The van der Waals surface area contributed by atoms with Crippen molar-refractivity contribution in [2.24, 2.45) is 0 Å². The summed E-state index contributed by atoms with van der Waals surface area (Å²) in [6.45, 7) is 7.74. The summed E-state index contributed by atoms with van der Waals surface area (Å²) in [7, 11) is 0. The van der Waals surface area contributed by atoms with E-state index >= 15 is 0 Å². The van der Waals surface area contributed by atoms with Gasteiger partial charge in [-0.3, -0.25) is 0 Å². The Morgan fingerprint density at radius 2 is 2.36 bits per heavy atom. The lowest BCUT2D eigenvalue weighted by Crippen LogP contribution is -2.38. The molecule has 2 heterocycles. The number of fused-ring (bicyclic) bond motifs is 1. The number of rotatable bonds is 1. The summed E-state index contributed by atoms with van der Waals surface area (Å²) in [6.07, 6.45) is 4.37. The van der Waals surface area contributed by atoms with Gasteiger partial charge in [0.1, 0.15) is 5.82 Å². The molecule has 0 saturated carbocycles. The van der Waals surface area contributed by atoms with Gasteiger partial charge in [-0.15, -0.1) is 0 Å². The first-order valence-corrected chi connectivity index (χ1v) is 5.45. The molecule has 0 radical (unpaired) electrons. The van der Waals surface area contributed by atoms with Crippen LogP contribution in [0.2, 0.25) is 0 Å². The highest BCUT2D eigenvalue weighted by Gasteiger charge is 2.23. The maximum atomic E-state index is 4.51. The number of aromatic nitrogens is 1. The number of hydrogen-bond acceptors (Lipinski definition) is 2. The first-order valence-electron chi connectivity index (χ1n) is 5.45. The summed E-state index contributed by atoms with van der Waals surface area (Å²) in [5.41, 5.74) is 2.84. The van der Waals surface area contributed by atoms with Gasteiger partial charge < -0.3 is 4.90 Å². The second kappa shape index (κ2) is 3.60. The minimum atomic E-state index is 0.641. The average Bonchev–Trinajstić information content (AvgIpc) is 2.18. The van der Waals surface area contributed by atoms with E-state index in [2.05, 4.69) is 36.7 Å². The summed E-state index contributed by atoms with van der Waals surface area (Å²) in [5, 5.41) is 0. The second-order valence-electron chi connectivity index (χ2n) is 4.10. The third-order valence-corrected chi connectivity index (χ3v) is 3.22. The minimum absolute atomic E-state index is 0.641. The maximum absolute atomic E-state index is 4.51. The molecule has 2 heteroatoms. The van der Waals surface area contributed by atoms with Crippen LogP contribution >= 0.6 is 0 Å². The Kier molecular flexibility index (Phi) is 2.44. The first-order chi connectivity index (χ1) is 6.74. The number of anilines is 1. The van der Waals surface area contributed by atoms with E-state index in [0.29, 0.717) is 6.04 Å². The van der Waals surface area contributed by atoms with Crippen LogP contribution in [0.1, 0.15) is 31.4 Å². The Labute approximate surface area is 86.0 Å². The monoisotopic (exact) mass is 190 g/mol. The van der Waals surface area contributed by atoms with Crippen molar-refractivity contribution >= 4 is 5.82 Å². The highest BCUT2D eigenvalue weighted by atomic mass is 15.2. The van der Waals surface area contributed by atoms with Gasteiger partial charge in [-0.2, -0.15) is 0 Å². The molecule has 1 aliphatic rings. The van der Waals surface area contributed by atoms with E-state index in [-0.39, 0.29) is 0 Å². The van der Waals surface area contributed by atoms with E-state index in [0.717, 1.165) is 6.54 Å². The van der Waals surface area contributed by atoms with Gasteiger partial charge in [0.15, 0.2) is 0 Å². The predicted molar refractivity (Wildman–Crippen MR) is 59.8 cm³/mol. The lowest BCUT2D eigenvalue weighted by Gasteiger charge is -2.35. The van der Waals surface area contributed by atoms with Crippen LogP contribution in [0.3, 0.4) is 0 Å². The number of nitrogens with zero attached hydrogens (tertiary/aromatic N) is 2. The third-order valence-electron chi connectivity index (χ3n) is 3.22. The third kappa shape index (κ3) is 1.39. The van der Waals surface area contributed by atoms with Crippen molar-refractivity contribution in [2.45, 2.75) is 39.7 Å². The average molecular weight is 190 g/mol. The standard InChI is InChI=1S/C12H18N2/c1-4-14-10(3)5-6-11-9(2)7-8-13-12(11)14/h7-8,10H,4-6H2,1-3H3. The van der Waals surface area contributed by atoms with Crippen molar-refractivity contribution in [1.29, 1.82) is 0 Å². The van der Waals surface area contributed by atoms with E-state index in [1.807, 2.05) is 6.20 Å². The molecule has 1 atom stereocenters. The van der Waals surface area contributed by atoms with Gasteiger partial charge >= 0.3 is 0 Å². The van der Waals surface area contributed by atoms with Crippen LogP contribution in [-0.2, 0) is 6.42 Å². The molecule has 0 bridgehead atoms. The van der Waals surface area contributed by atoms with Crippen molar-refractivity contribution in [3.8, 4) is 0 Å². The summed E-state index contributed by atoms with van der Waals surface area (Å²) in [4.78, 5) is 6.92. The molecule has 0 fully saturated rings. The van der Waals surface area contributed by atoms with Gasteiger partial charge in [-0.25, -0.2) is 4.98 Å². The molecule has 0 aliphatic carbocycles. The molecule has 0 aromatic carbocycles. The van der Waals surface area contributed by atoms with Crippen molar-refractivity contribution in [2.75, 3.05) is 11.4 Å². The minimum Gasteiger partial charge on any atom is -0.354 e. The smallest absolute Gasteiger partial charge is 0.132 e. The predicted octanol–water partition coefficient (Wildman–Crippen LogP) is 2.55. The summed E-state index contributed by atoms with van der Waals surface area (Å²) in [5.74, 6) is 1.21. The summed E-state index contributed by atoms with van der Waals surface area (Å²) in [6, 6.07) is 2.75. The fraction of sp³-hybridized carbons (Fsp3) is 0.583. The Hall–Kier alpha value is -1.05. The van der Waals surface area contributed by atoms with Crippen molar-refractivity contribution in [3.05, 3.63) is 23.4 Å². The Bertz CT molecular complexity index is 333. The van der Waals surface area contributed by atoms with Gasteiger partial charge in [-0.05, 0) is 50.8 Å². The van der Waals surface area contributed by atoms with E-state index in [1.165, 1.54) is 29.8 Å². The van der Waals surface area contributed by atoms with Crippen molar-refractivity contribution in [3.63, 3.8) is 0 Å². The number of hydrogen-bond donors (Lipinski definition) is 0. The molecule has 0 amide bonds. The first kappa shape index (κ1) is 9.50. The molecule has 1 unspecified atom stereocenters. The molecule has 1 aliphatic heterocycles. The van der Waals surface area contributed by atoms with E-state index in [4.69, 9.17) is 0 Å². The zero-order chi connectivity index (χ0) is 10.1. The molecular weight excluding hydrogens is 172 g/mol. The fourth-order valence-corrected chi connectivity index (χ4v) is 2.31. The highest BCUT2D eigenvalue weighted by molar-refractivity contribution is 5.53. The van der Waals surface area contributed by atoms with E-state index in [1.54, 1.807) is 0 Å². The number of aryl methyl sites for hydroxylation is 1. The number of pyridine rings is 1. The molecular formula is C12H18N2. The molecule has 2 rings (SSSR count). The SMILES string of the molecule is CCN1c2nccc(C)c2CCC1C. The summed E-state index contributed by atoms with van der Waals surface area (Å²) < 4.78 is 0. The zero-order valence-electron chi connectivity index (χ0n) is 9.25. The molecule has 0 N–H and O–H groups in total. The quantitative estimate of drug-likeness (QED) is 0.676. The summed E-state index contributed by atoms with van der Waals surface area (Å²) >= 11 is 0. The largest absolute Gasteiger partial charge is 0.354 e. The van der Waals surface area contributed by atoms with Crippen molar-refractivity contribution in [1.82, 2.24) is 4.98 Å². The molecule has 0 saturated heterocycles. The Balaban J connectivity index is 2.46. The van der Waals surface area contributed by atoms with Crippen LogP contribution in [0, 0.1) is 6.92 Å². The van der Waals surface area contributed by atoms with Gasteiger partial charge in [0.05, 0.1) is 0 Å². The second-order valence-corrected chi connectivity index (χ2v) is 4.10. The topological polar surface area (TPSA) is 16.1 Å². The van der Waals surface area contributed by atoms with Gasteiger partial charge in [-0.1, -0.05) is 0 Å². The van der Waals surface area contributed by atoms with Crippen molar-refractivity contribution < 1.29 is 0 Å². The molecule has 76 valence electrons. The molecule has 14 heavy (non-hydrogen) atoms. The van der Waals surface area contributed by atoms with Crippen LogP contribution < -0.4 is 4.90 Å². The maximum Gasteiger partial charge on any atom is 0.132 e. The lowest BCUT2D eigenvalue weighted by molar-refractivity contribution is 0.563. The highest BCUT2D eigenvalue weighted by Crippen LogP contribution is 2.29. The van der Waals surface area contributed by atoms with E-state index < -0.39 is 0 Å². The molecule has 1 aromatic heterocycles.